The summed E-state index contributed by atoms with van der Waals surface area (Å²) in [5.41, 5.74) is 1.34. The van der Waals surface area contributed by atoms with Crippen molar-refractivity contribution >= 4 is 10.0 Å². The van der Waals surface area contributed by atoms with E-state index in [0.29, 0.717) is 19.1 Å². The van der Waals surface area contributed by atoms with E-state index in [4.69, 9.17) is 0 Å². The van der Waals surface area contributed by atoms with Crippen LogP contribution in [0.2, 0.25) is 0 Å². The van der Waals surface area contributed by atoms with Gasteiger partial charge >= 0.3 is 0 Å². The van der Waals surface area contributed by atoms with Crippen LogP contribution < -0.4 is 5.32 Å². The predicted molar refractivity (Wildman–Crippen MR) is 79.7 cm³/mol. The highest BCUT2D eigenvalue weighted by Gasteiger charge is 2.10. The average molecular weight is 284 g/mol. The summed E-state index contributed by atoms with van der Waals surface area (Å²) in [5.74, 6) is 0. The van der Waals surface area contributed by atoms with Crippen molar-refractivity contribution in [2.75, 3.05) is 26.4 Å². The molecule has 0 aliphatic heterocycles. The number of nitrogens with zero attached hydrogens (tertiary/aromatic N) is 1. The van der Waals surface area contributed by atoms with Crippen molar-refractivity contribution in [3.8, 4) is 0 Å². The molecule has 1 N–H and O–H groups in total. The molecule has 108 valence electrons. The van der Waals surface area contributed by atoms with Crippen LogP contribution in [-0.2, 0) is 16.4 Å². The SMILES string of the molecule is C[C@@H](CCc1ccccc1)NCCN(C)S(C)(=O)=O. The van der Waals surface area contributed by atoms with E-state index in [-0.39, 0.29) is 0 Å². The molecule has 5 heteroatoms. The zero-order valence-electron chi connectivity index (χ0n) is 12.0. The van der Waals surface area contributed by atoms with Gasteiger partial charge in [0.05, 0.1) is 6.26 Å². The van der Waals surface area contributed by atoms with Gasteiger partial charge in [-0.1, -0.05) is 30.3 Å². The van der Waals surface area contributed by atoms with Crippen molar-refractivity contribution in [2.45, 2.75) is 25.8 Å². The zero-order chi connectivity index (χ0) is 14.3. The third kappa shape index (κ3) is 6.71. The highest BCUT2D eigenvalue weighted by molar-refractivity contribution is 7.88. The van der Waals surface area contributed by atoms with Gasteiger partial charge in [0.1, 0.15) is 0 Å². The second kappa shape index (κ2) is 7.62. The summed E-state index contributed by atoms with van der Waals surface area (Å²) in [4.78, 5) is 0. The highest BCUT2D eigenvalue weighted by atomic mass is 32.2. The molecule has 0 unspecified atom stereocenters. The first kappa shape index (κ1) is 16.1. The number of benzene rings is 1. The summed E-state index contributed by atoms with van der Waals surface area (Å²) < 4.78 is 23.8. The first-order chi connectivity index (χ1) is 8.89. The highest BCUT2D eigenvalue weighted by Crippen LogP contribution is 2.04. The van der Waals surface area contributed by atoms with Crippen LogP contribution in [0.5, 0.6) is 0 Å². The largest absolute Gasteiger partial charge is 0.313 e. The molecule has 0 aliphatic carbocycles. The van der Waals surface area contributed by atoms with Crippen LogP contribution in [-0.4, -0.2) is 45.2 Å². The Bertz CT molecular complexity index is 460. The molecule has 1 aromatic rings. The van der Waals surface area contributed by atoms with Gasteiger partial charge in [-0.25, -0.2) is 12.7 Å². The Kier molecular flexibility index (Phi) is 6.48. The first-order valence-electron chi connectivity index (χ1n) is 6.58. The number of aryl methyl sites for hydroxylation is 1. The summed E-state index contributed by atoms with van der Waals surface area (Å²) in [6, 6.07) is 10.8. The van der Waals surface area contributed by atoms with Gasteiger partial charge in [0, 0.05) is 26.2 Å². The van der Waals surface area contributed by atoms with E-state index >= 15 is 0 Å². The number of hydrogen-bond acceptors (Lipinski definition) is 3. The number of nitrogens with one attached hydrogen (secondary N) is 1. The fourth-order valence-electron chi connectivity index (χ4n) is 1.76. The fourth-order valence-corrected chi connectivity index (χ4v) is 2.19. The van der Waals surface area contributed by atoms with E-state index in [1.54, 1.807) is 7.05 Å². The number of hydrogen-bond donors (Lipinski definition) is 1. The van der Waals surface area contributed by atoms with Crippen LogP contribution in [0.3, 0.4) is 0 Å². The predicted octanol–water partition coefficient (Wildman–Crippen LogP) is 1.49. The van der Waals surface area contributed by atoms with E-state index in [1.165, 1.54) is 16.1 Å². The zero-order valence-corrected chi connectivity index (χ0v) is 12.8. The summed E-state index contributed by atoms with van der Waals surface area (Å²) in [5, 5.41) is 3.35. The monoisotopic (exact) mass is 284 g/mol. The molecule has 4 nitrogen and oxygen atoms in total. The van der Waals surface area contributed by atoms with Crippen molar-refractivity contribution in [1.29, 1.82) is 0 Å². The van der Waals surface area contributed by atoms with Gasteiger partial charge in [0.25, 0.3) is 0 Å². The van der Waals surface area contributed by atoms with E-state index in [1.807, 2.05) is 6.07 Å². The molecule has 0 aliphatic rings. The molecule has 1 atom stereocenters. The third-order valence-corrected chi connectivity index (χ3v) is 4.51. The van der Waals surface area contributed by atoms with Gasteiger partial charge in [-0.15, -0.1) is 0 Å². The van der Waals surface area contributed by atoms with Gasteiger partial charge < -0.3 is 5.32 Å². The Morgan fingerprint density at radius 2 is 1.89 bits per heavy atom. The molecular weight excluding hydrogens is 260 g/mol. The molecule has 19 heavy (non-hydrogen) atoms. The normalized spacial score (nSPS) is 13.7. The maximum atomic E-state index is 11.2. The van der Waals surface area contributed by atoms with Gasteiger partial charge in [0.2, 0.25) is 10.0 Å². The van der Waals surface area contributed by atoms with Crippen molar-refractivity contribution in [2.24, 2.45) is 0 Å². The van der Waals surface area contributed by atoms with Crippen molar-refractivity contribution in [3.05, 3.63) is 35.9 Å². The minimum Gasteiger partial charge on any atom is -0.313 e. The maximum Gasteiger partial charge on any atom is 0.210 e. The van der Waals surface area contributed by atoms with E-state index in [2.05, 4.69) is 36.5 Å². The molecule has 0 heterocycles. The van der Waals surface area contributed by atoms with Crippen LogP contribution >= 0.6 is 0 Å². The third-order valence-electron chi connectivity index (χ3n) is 3.19. The molecule has 0 radical (unpaired) electrons. The lowest BCUT2D eigenvalue weighted by Crippen LogP contribution is -2.36. The number of rotatable bonds is 8. The molecule has 0 saturated carbocycles. The minimum atomic E-state index is -3.06. The van der Waals surface area contributed by atoms with E-state index in [9.17, 15) is 8.42 Å². The molecule has 0 amide bonds. The molecule has 1 rings (SSSR count). The molecular formula is C14H24N2O2S. The fraction of sp³-hybridized carbons (Fsp3) is 0.571. The van der Waals surface area contributed by atoms with Gasteiger partial charge in [-0.3, -0.25) is 0 Å². The molecule has 0 aromatic heterocycles. The van der Waals surface area contributed by atoms with Crippen molar-refractivity contribution in [1.82, 2.24) is 9.62 Å². The quantitative estimate of drug-likeness (QED) is 0.787. The van der Waals surface area contributed by atoms with Crippen molar-refractivity contribution < 1.29 is 8.42 Å². The minimum absolute atomic E-state index is 0.383. The Balaban J connectivity index is 2.20. The second-order valence-corrected chi connectivity index (χ2v) is 7.05. The molecule has 0 fully saturated rings. The summed E-state index contributed by atoms with van der Waals surface area (Å²) in [7, 11) is -1.46. The van der Waals surface area contributed by atoms with Crippen LogP contribution in [0.4, 0.5) is 0 Å². The Morgan fingerprint density at radius 1 is 1.26 bits per heavy atom. The first-order valence-corrected chi connectivity index (χ1v) is 8.43. The topological polar surface area (TPSA) is 49.4 Å². The van der Waals surface area contributed by atoms with Crippen LogP contribution in [0, 0.1) is 0 Å². The summed E-state index contributed by atoms with van der Waals surface area (Å²) in [6.45, 7) is 3.32. The lowest BCUT2D eigenvalue weighted by Gasteiger charge is -2.17. The molecule has 0 saturated heterocycles. The van der Waals surface area contributed by atoms with Crippen LogP contribution in [0.15, 0.2) is 30.3 Å². The van der Waals surface area contributed by atoms with Crippen LogP contribution in [0.25, 0.3) is 0 Å². The van der Waals surface area contributed by atoms with Gasteiger partial charge in [-0.2, -0.15) is 0 Å². The van der Waals surface area contributed by atoms with Gasteiger partial charge in [-0.05, 0) is 25.3 Å². The summed E-state index contributed by atoms with van der Waals surface area (Å²) in [6.07, 6.45) is 3.31. The molecule has 0 spiro atoms. The Labute approximate surface area is 116 Å². The average Bonchev–Trinajstić information content (AvgIpc) is 2.36. The lowest BCUT2D eigenvalue weighted by molar-refractivity contribution is 0.436. The molecule has 1 aromatic carbocycles. The second-order valence-electron chi connectivity index (χ2n) is 4.96. The number of sulfonamides is 1. The number of likely N-dealkylation sites (N-methyl/N-ethyl adjacent to an activating group) is 1. The summed E-state index contributed by atoms with van der Waals surface area (Å²) >= 11 is 0. The maximum absolute atomic E-state index is 11.2. The van der Waals surface area contributed by atoms with Crippen molar-refractivity contribution in [3.63, 3.8) is 0 Å². The van der Waals surface area contributed by atoms with E-state index in [0.717, 1.165) is 12.8 Å². The van der Waals surface area contributed by atoms with Crippen LogP contribution in [0.1, 0.15) is 18.9 Å². The Hall–Kier alpha value is -0.910. The molecule has 0 bridgehead atoms. The standard InChI is InChI=1S/C14H24N2O2S/c1-13(9-10-14-7-5-4-6-8-14)15-11-12-16(2)19(3,17)18/h4-8,13,15H,9-12H2,1-3H3/t13-/m0/s1. The lowest BCUT2D eigenvalue weighted by atomic mass is 10.1. The van der Waals surface area contributed by atoms with E-state index < -0.39 is 10.0 Å². The van der Waals surface area contributed by atoms with Gasteiger partial charge in [0.15, 0.2) is 0 Å². The Morgan fingerprint density at radius 3 is 2.47 bits per heavy atom. The smallest absolute Gasteiger partial charge is 0.210 e.